The zero-order valence-electron chi connectivity index (χ0n) is 18.5. The van der Waals surface area contributed by atoms with Crippen molar-refractivity contribution in [2.24, 2.45) is 0 Å². The van der Waals surface area contributed by atoms with E-state index in [2.05, 4.69) is 10.0 Å². The molecule has 2 N–H and O–H groups in total. The maximum atomic E-state index is 13.0. The van der Waals surface area contributed by atoms with Gasteiger partial charge in [0, 0.05) is 16.6 Å². The summed E-state index contributed by atoms with van der Waals surface area (Å²) >= 11 is 5.89. The van der Waals surface area contributed by atoms with Crippen molar-refractivity contribution in [1.82, 2.24) is 4.72 Å². The summed E-state index contributed by atoms with van der Waals surface area (Å²) in [6, 6.07) is 20.5. The number of amides is 1. The number of rotatable bonds is 10. The van der Waals surface area contributed by atoms with Gasteiger partial charge in [-0.25, -0.2) is 13.1 Å². The fraction of sp³-hybridized carbons (Fsp3) is 0.240. The van der Waals surface area contributed by atoms with Crippen LogP contribution in [0.1, 0.15) is 36.2 Å². The number of aryl methyl sites for hydroxylation is 1. The molecule has 0 aromatic heterocycles. The highest BCUT2D eigenvalue weighted by Gasteiger charge is 2.20. The van der Waals surface area contributed by atoms with Gasteiger partial charge >= 0.3 is 0 Å². The number of sulfonamides is 1. The van der Waals surface area contributed by atoms with Gasteiger partial charge < -0.3 is 10.1 Å². The van der Waals surface area contributed by atoms with E-state index >= 15 is 0 Å². The molecule has 0 aliphatic rings. The highest BCUT2D eigenvalue weighted by atomic mass is 35.5. The van der Waals surface area contributed by atoms with Crippen LogP contribution in [-0.2, 0) is 16.4 Å². The van der Waals surface area contributed by atoms with Crippen molar-refractivity contribution >= 4 is 33.2 Å². The summed E-state index contributed by atoms with van der Waals surface area (Å²) < 4.78 is 34.3. The molecule has 0 unspecified atom stereocenters. The molecule has 0 bridgehead atoms. The van der Waals surface area contributed by atoms with Crippen LogP contribution in [0, 0.1) is 0 Å². The van der Waals surface area contributed by atoms with Gasteiger partial charge in [0.15, 0.2) is 0 Å². The molecule has 3 rings (SSSR count). The zero-order valence-corrected chi connectivity index (χ0v) is 20.1. The largest absolute Gasteiger partial charge is 0.492 e. The molecule has 0 aliphatic heterocycles. The van der Waals surface area contributed by atoms with E-state index in [-0.39, 0.29) is 16.6 Å². The van der Waals surface area contributed by atoms with Gasteiger partial charge in [0.2, 0.25) is 10.0 Å². The van der Waals surface area contributed by atoms with Gasteiger partial charge in [0.05, 0.1) is 17.2 Å². The van der Waals surface area contributed by atoms with Gasteiger partial charge in [-0.1, -0.05) is 41.9 Å². The Bertz CT molecular complexity index is 1180. The number of anilines is 1. The van der Waals surface area contributed by atoms with E-state index < -0.39 is 15.9 Å². The topological polar surface area (TPSA) is 84.5 Å². The Balaban J connectivity index is 1.76. The third kappa shape index (κ3) is 7.05. The molecular weight excluding hydrogens is 460 g/mol. The van der Waals surface area contributed by atoms with Crippen LogP contribution in [0.5, 0.6) is 5.75 Å². The second-order valence-corrected chi connectivity index (χ2v) is 9.75. The quantitative estimate of drug-likeness (QED) is 0.407. The van der Waals surface area contributed by atoms with E-state index in [0.717, 1.165) is 12.0 Å². The molecule has 3 aromatic carbocycles. The van der Waals surface area contributed by atoms with Crippen molar-refractivity contribution in [1.29, 1.82) is 0 Å². The lowest BCUT2D eigenvalue weighted by atomic mass is 10.1. The van der Waals surface area contributed by atoms with Crippen LogP contribution in [0.15, 0.2) is 77.7 Å². The lowest BCUT2D eigenvalue weighted by Gasteiger charge is -2.17. The van der Waals surface area contributed by atoms with Gasteiger partial charge in [0.1, 0.15) is 5.75 Å². The van der Waals surface area contributed by atoms with Gasteiger partial charge in [-0.15, -0.1) is 0 Å². The molecule has 6 nitrogen and oxygen atoms in total. The van der Waals surface area contributed by atoms with Crippen LogP contribution >= 0.6 is 11.6 Å². The van der Waals surface area contributed by atoms with Crippen molar-refractivity contribution in [3.8, 4) is 5.75 Å². The first-order valence-electron chi connectivity index (χ1n) is 10.7. The van der Waals surface area contributed by atoms with E-state index in [1.807, 2.05) is 44.2 Å². The first-order valence-corrected chi connectivity index (χ1v) is 12.5. The minimum Gasteiger partial charge on any atom is -0.492 e. The van der Waals surface area contributed by atoms with E-state index in [1.54, 1.807) is 30.3 Å². The van der Waals surface area contributed by atoms with Gasteiger partial charge in [0.25, 0.3) is 5.91 Å². The first-order chi connectivity index (χ1) is 15.8. The fourth-order valence-electron chi connectivity index (χ4n) is 3.27. The number of carbonyl (C=O) groups excluding carboxylic acids is 1. The maximum absolute atomic E-state index is 13.0. The van der Waals surface area contributed by atoms with Crippen LogP contribution in [0.25, 0.3) is 0 Å². The van der Waals surface area contributed by atoms with E-state index in [4.69, 9.17) is 16.3 Å². The van der Waals surface area contributed by atoms with Crippen molar-refractivity contribution in [3.63, 3.8) is 0 Å². The second-order valence-electron chi connectivity index (χ2n) is 7.60. The monoisotopic (exact) mass is 486 g/mol. The summed E-state index contributed by atoms with van der Waals surface area (Å²) in [7, 11) is -3.80. The van der Waals surface area contributed by atoms with E-state index in [9.17, 15) is 13.2 Å². The predicted octanol–water partition coefficient (Wildman–Crippen LogP) is 5.29. The maximum Gasteiger partial charge on any atom is 0.255 e. The highest BCUT2D eigenvalue weighted by Crippen LogP contribution is 2.29. The Labute approximate surface area is 200 Å². The van der Waals surface area contributed by atoms with Crippen molar-refractivity contribution in [2.75, 3.05) is 11.9 Å². The molecule has 0 radical (unpaired) electrons. The van der Waals surface area contributed by atoms with Crippen LogP contribution < -0.4 is 14.8 Å². The average Bonchev–Trinajstić information content (AvgIpc) is 2.79. The van der Waals surface area contributed by atoms with Crippen molar-refractivity contribution in [3.05, 3.63) is 88.9 Å². The minimum absolute atomic E-state index is 0.0453. The summed E-state index contributed by atoms with van der Waals surface area (Å²) in [4.78, 5) is 12.7. The standard InChI is InChI=1S/C25H27ClN2O4S/c1-3-32-24-16-15-22(17-23(24)27-25(29)20-11-13-21(26)14-12-20)33(30,31)28-18(2)9-10-19-7-5-4-6-8-19/h4-8,11-18,28H,3,9-10H2,1-2H3,(H,27,29)/t18-/m1/s1. The number of hydrogen-bond acceptors (Lipinski definition) is 4. The van der Waals surface area contributed by atoms with Crippen LogP contribution in [-0.4, -0.2) is 27.0 Å². The number of halogens is 1. The molecule has 0 heterocycles. The number of nitrogens with one attached hydrogen (secondary N) is 2. The third-order valence-electron chi connectivity index (χ3n) is 4.98. The van der Waals surface area contributed by atoms with Crippen molar-refractivity contribution in [2.45, 2.75) is 37.6 Å². The SMILES string of the molecule is CCOc1ccc(S(=O)(=O)N[C@H](C)CCc2ccccc2)cc1NC(=O)c1ccc(Cl)cc1. The molecule has 0 spiro atoms. The van der Waals surface area contributed by atoms with Crippen LogP contribution in [0.3, 0.4) is 0 Å². The Morgan fingerprint density at radius 3 is 2.39 bits per heavy atom. The normalized spacial score (nSPS) is 12.2. The number of ether oxygens (including phenoxy) is 1. The zero-order chi connectivity index (χ0) is 23.8. The molecule has 0 fully saturated rings. The Morgan fingerprint density at radius 2 is 1.73 bits per heavy atom. The van der Waals surface area contributed by atoms with Crippen molar-refractivity contribution < 1.29 is 17.9 Å². The number of hydrogen-bond donors (Lipinski definition) is 2. The molecule has 0 saturated carbocycles. The second kappa shape index (κ2) is 11.3. The first kappa shape index (κ1) is 24.8. The van der Waals surface area contributed by atoms with E-state index in [1.165, 1.54) is 12.1 Å². The molecule has 8 heteroatoms. The van der Waals surface area contributed by atoms with Crippen LogP contribution in [0.4, 0.5) is 5.69 Å². The molecule has 0 aliphatic carbocycles. The lowest BCUT2D eigenvalue weighted by molar-refractivity contribution is 0.102. The van der Waals surface area contributed by atoms with Gasteiger partial charge in [-0.05, 0) is 74.7 Å². The Hall–Kier alpha value is -2.87. The molecule has 33 heavy (non-hydrogen) atoms. The van der Waals surface area contributed by atoms with Gasteiger partial charge in [-0.2, -0.15) is 0 Å². The molecule has 0 saturated heterocycles. The summed E-state index contributed by atoms with van der Waals surface area (Å²) in [6.45, 7) is 4.01. The minimum atomic E-state index is -3.80. The van der Waals surface area contributed by atoms with Crippen LogP contribution in [0.2, 0.25) is 5.02 Å². The fourth-order valence-corrected chi connectivity index (χ4v) is 4.70. The Morgan fingerprint density at radius 1 is 1.03 bits per heavy atom. The summed E-state index contributed by atoms with van der Waals surface area (Å²) in [5.74, 6) is -0.0118. The highest BCUT2D eigenvalue weighted by molar-refractivity contribution is 7.89. The molecular formula is C25H27ClN2O4S. The molecule has 1 amide bonds. The smallest absolute Gasteiger partial charge is 0.255 e. The molecule has 174 valence electrons. The average molecular weight is 487 g/mol. The summed E-state index contributed by atoms with van der Waals surface area (Å²) in [5.41, 5.74) is 1.82. The lowest BCUT2D eigenvalue weighted by Crippen LogP contribution is -2.33. The molecule has 3 aromatic rings. The Kier molecular flexibility index (Phi) is 8.49. The number of benzene rings is 3. The summed E-state index contributed by atoms with van der Waals surface area (Å²) in [5, 5.41) is 3.26. The summed E-state index contributed by atoms with van der Waals surface area (Å²) in [6.07, 6.45) is 1.41. The van der Waals surface area contributed by atoms with Gasteiger partial charge in [-0.3, -0.25) is 4.79 Å². The molecule has 1 atom stereocenters. The predicted molar refractivity (Wildman–Crippen MR) is 132 cm³/mol. The third-order valence-corrected chi connectivity index (χ3v) is 6.82. The number of carbonyl (C=O) groups is 1. The van der Waals surface area contributed by atoms with E-state index in [0.29, 0.717) is 29.4 Å².